The van der Waals surface area contributed by atoms with Crippen molar-refractivity contribution in [2.24, 2.45) is 16.5 Å². The van der Waals surface area contributed by atoms with E-state index in [-0.39, 0.29) is 0 Å². The van der Waals surface area contributed by atoms with Crippen LogP contribution in [0, 0.1) is 0 Å². The van der Waals surface area contributed by atoms with Gasteiger partial charge in [-0.15, -0.1) is 0 Å². The third kappa shape index (κ3) is 2.69. The molecule has 0 saturated heterocycles. The molecule has 2 unspecified atom stereocenters. The van der Waals surface area contributed by atoms with Gasteiger partial charge >= 0.3 is 0 Å². The van der Waals surface area contributed by atoms with Crippen LogP contribution in [0.15, 0.2) is 35.2 Å². The average molecular weight is 255 g/mol. The predicted octanol–water partition coefficient (Wildman–Crippen LogP) is 1.20. The fraction of sp³-hybridized carbons (Fsp3) is 0.273. The third-order valence-corrected chi connectivity index (χ3v) is 2.84. The zero-order valence-electron chi connectivity index (χ0n) is 8.98. The van der Waals surface area contributed by atoms with Crippen LogP contribution >= 0.6 is 11.6 Å². The van der Waals surface area contributed by atoms with E-state index in [2.05, 4.69) is 9.98 Å². The summed E-state index contributed by atoms with van der Waals surface area (Å²) in [7, 11) is 0. The van der Waals surface area contributed by atoms with Gasteiger partial charge in [0.15, 0.2) is 0 Å². The van der Waals surface area contributed by atoms with Crippen LogP contribution in [0.2, 0.25) is 5.15 Å². The van der Waals surface area contributed by atoms with E-state index in [1.54, 1.807) is 18.3 Å². The highest BCUT2D eigenvalue weighted by atomic mass is 35.5. The SMILES string of the molecule is NC1N=CC(F)=CC1(N)Cc1ccc(Cl)nc1. The predicted molar refractivity (Wildman–Crippen MR) is 65.5 cm³/mol. The molecule has 4 N–H and O–H groups in total. The van der Waals surface area contributed by atoms with Crippen LogP contribution in [-0.4, -0.2) is 22.9 Å². The van der Waals surface area contributed by atoms with Crippen LogP contribution in [0.3, 0.4) is 0 Å². The molecule has 0 bridgehead atoms. The van der Waals surface area contributed by atoms with Crippen molar-refractivity contribution in [1.82, 2.24) is 4.98 Å². The monoisotopic (exact) mass is 254 g/mol. The van der Waals surface area contributed by atoms with Crippen molar-refractivity contribution in [1.29, 1.82) is 0 Å². The molecule has 1 aromatic rings. The number of hydrogen-bond acceptors (Lipinski definition) is 4. The lowest BCUT2D eigenvalue weighted by Gasteiger charge is -2.31. The Morgan fingerprint density at radius 2 is 2.24 bits per heavy atom. The highest BCUT2D eigenvalue weighted by molar-refractivity contribution is 6.29. The van der Waals surface area contributed by atoms with E-state index in [1.807, 2.05) is 0 Å². The first-order valence-corrected chi connectivity index (χ1v) is 5.44. The van der Waals surface area contributed by atoms with Crippen LogP contribution in [0.1, 0.15) is 5.56 Å². The first-order chi connectivity index (χ1) is 7.99. The van der Waals surface area contributed by atoms with Gasteiger partial charge in [-0.05, 0) is 24.1 Å². The van der Waals surface area contributed by atoms with E-state index in [0.717, 1.165) is 11.8 Å². The molecule has 1 aliphatic heterocycles. The van der Waals surface area contributed by atoms with Gasteiger partial charge in [0.05, 0.1) is 11.8 Å². The maximum Gasteiger partial charge on any atom is 0.139 e. The van der Waals surface area contributed by atoms with Gasteiger partial charge in [0.1, 0.15) is 17.1 Å². The number of nitrogens with two attached hydrogens (primary N) is 2. The minimum Gasteiger partial charge on any atom is -0.319 e. The average Bonchev–Trinajstić information content (AvgIpc) is 2.27. The van der Waals surface area contributed by atoms with Crippen molar-refractivity contribution in [2.45, 2.75) is 18.1 Å². The lowest BCUT2D eigenvalue weighted by Crippen LogP contribution is -2.56. The Morgan fingerprint density at radius 1 is 1.47 bits per heavy atom. The Kier molecular flexibility index (Phi) is 3.24. The van der Waals surface area contributed by atoms with Crippen LogP contribution in [0.5, 0.6) is 0 Å². The van der Waals surface area contributed by atoms with Gasteiger partial charge in [-0.1, -0.05) is 17.7 Å². The van der Waals surface area contributed by atoms with E-state index in [1.165, 1.54) is 6.08 Å². The number of dihydropyridines is 1. The van der Waals surface area contributed by atoms with Gasteiger partial charge in [-0.3, -0.25) is 4.99 Å². The Balaban J connectivity index is 2.22. The quantitative estimate of drug-likeness (QED) is 0.779. The van der Waals surface area contributed by atoms with Gasteiger partial charge in [0, 0.05) is 6.20 Å². The van der Waals surface area contributed by atoms with E-state index < -0.39 is 17.5 Å². The Labute approximate surface area is 103 Å². The molecule has 0 spiro atoms. The second-order valence-electron chi connectivity index (χ2n) is 4.03. The van der Waals surface area contributed by atoms with Crippen molar-refractivity contribution < 1.29 is 4.39 Å². The van der Waals surface area contributed by atoms with Gasteiger partial charge in [0.25, 0.3) is 0 Å². The molecule has 1 aliphatic rings. The van der Waals surface area contributed by atoms with Crippen molar-refractivity contribution in [2.75, 3.05) is 0 Å². The second kappa shape index (κ2) is 4.52. The first-order valence-electron chi connectivity index (χ1n) is 5.06. The van der Waals surface area contributed by atoms with E-state index in [9.17, 15) is 4.39 Å². The van der Waals surface area contributed by atoms with Crippen molar-refractivity contribution in [3.05, 3.63) is 40.9 Å². The lowest BCUT2D eigenvalue weighted by molar-refractivity contribution is 0.413. The molecule has 0 fully saturated rings. The van der Waals surface area contributed by atoms with Crippen LogP contribution in [0.25, 0.3) is 0 Å². The molecule has 0 radical (unpaired) electrons. The van der Waals surface area contributed by atoms with E-state index >= 15 is 0 Å². The normalized spacial score (nSPS) is 28.0. The summed E-state index contributed by atoms with van der Waals surface area (Å²) < 4.78 is 13.2. The van der Waals surface area contributed by atoms with Crippen LogP contribution < -0.4 is 11.5 Å². The van der Waals surface area contributed by atoms with Crippen LogP contribution in [0.4, 0.5) is 4.39 Å². The number of aromatic nitrogens is 1. The summed E-state index contributed by atoms with van der Waals surface area (Å²) in [6, 6.07) is 3.43. The summed E-state index contributed by atoms with van der Waals surface area (Å²) in [5.74, 6) is -0.476. The fourth-order valence-electron chi connectivity index (χ4n) is 1.69. The molecule has 2 heterocycles. The zero-order valence-corrected chi connectivity index (χ0v) is 9.73. The third-order valence-electron chi connectivity index (χ3n) is 2.61. The summed E-state index contributed by atoms with van der Waals surface area (Å²) in [4.78, 5) is 7.75. The van der Waals surface area contributed by atoms with Crippen molar-refractivity contribution in [3.8, 4) is 0 Å². The number of halogens is 2. The molecule has 4 nitrogen and oxygen atoms in total. The molecular weight excluding hydrogens is 243 g/mol. The topological polar surface area (TPSA) is 77.3 Å². The molecule has 0 aromatic carbocycles. The smallest absolute Gasteiger partial charge is 0.139 e. The number of rotatable bonds is 2. The number of hydrogen-bond donors (Lipinski definition) is 2. The highest BCUT2D eigenvalue weighted by Crippen LogP contribution is 2.21. The molecule has 1 aromatic heterocycles. The molecule has 6 heteroatoms. The molecule has 90 valence electrons. The number of allylic oxidation sites excluding steroid dienone is 1. The largest absolute Gasteiger partial charge is 0.319 e. The minimum absolute atomic E-state index is 0.350. The summed E-state index contributed by atoms with van der Waals surface area (Å²) >= 11 is 5.68. The Bertz CT molecular complexity index is 471. The maximum absolute atomic E-state index is 13.2. The molecular formula is C11H12ClFN4. The number of nitrogens with zero attached hydrogens (tertiary/aromatic N) is 2. The summed E-state index contributed by atoms with van der Waals surface area (Å²) in [6.45, 7) is 0. The van der Waals surface area contributed by atoms with Gasteiger partial charge in [-0.25, -0.2) is 9.37 Å². The molecule has 0 aliphatic carbocycles. The molecule has 0 amide bonds. The van der Waals surface area contributed by atoms with Gasteiger partial charge < -0.3 is 11.5 Å². The fourth-order valence-corrected chi connectivity index (χ4v) is 1.80. The summed E-state index contributed by atoms with van der Waals surface area (Å²) in [5, 5.41) is 0.396. The highest BCUT2D eigenvalue weighted by Gasteiger charge is 2.33. The Hall–Kier alpha value is -1.30. The number of aliphatic imine (C=N–C) groups is 1. The van der Waals surface area contributed by atoms with E-state index in [4.69, 9.17) is 23.1 Å². The molecule has 17 heavy (non-hydrogen) atoms. The lowest BCUT2D eigenvalue weighted by atomic mass is 9.88. The van der Waals surface area contributed by atoms with Crippen molar-refractivity contribution >= 4 is 17.8 Å². The maximum atomic E-state index is 13.2. The zero-order chi connectivity index (χ0) is 12.5. The van der Waals surface area contributed by atoms with Gasteiger partial charge in [0.2, 0.25) is 0 Å². The van der Waals surface area contributed by atoms with Crippen molar-refractivity contribution in [3.63, 3.8) is 0 Å². The van der Waals surface area contributed by atoms with Crippen LogP contribution in [-0.2, 0) is 6.42 Å². The standard InChI is InChI=1S/C11H12ClFN4/c12-9-2-1-7(5-16-9)3-11(15)4-8(13)6-17-10(11)14/h1-2,4-6,10H,3,14-15H2. The minimum atomic E-state index is -1.03. The summed E-state index contributed by atoms with van der Waals surface area (Å²) in [6.07, 6.45) is 3.64. The molecule has 2 atom stereocenters. The summed E-state index contributed by atoms with van der Waals surface area (Å²) in [5.41, 5.74) is 11.6. The molecule has 0 saturated carbocycles. The first kappa shape index (κ1) is 12.2. The number of pyridine rings is 1. The van der Waals surface area contributed by atoms with E-state index in [0.29, 0.717) is 11.6 Å². The second-order valence-corrected chi connectivity index (χ2v) is 4.42. The Morgan fingerprint density at radius 3 is 2.88 bits per heavy atom. The van der Waals surface area contributed by atoms with Gasteiger partial charge in [-0.2, -0.15) is 0 Å². The molecule has 2 rings (SSSR count).